The Kier molecular flexibility index (Phi) is 4.83. The number of hydrogen-bond donors (Lipinski definition) is 2. The molecule has 0 aromatic heterocycles. The minimum absolute atomic E-state index is 0.0790. The zero-order valence-corrected chi connectivity index (χ0v) is 11.5. The Labute approximate surface area is 107 Å². The first-order valence-corrected chi connectivity index (χ1v) is 5.78. The number of hydrogen-bond acceptors (Lipinski definition) is 3. The SMILES string of the molecule is COc1ccc(NC(=O)NC(C)C)c(OC)c1C. The van der Waals surface area contributed by atoms with Gasteiger partial charge in [0.1, 0.15) is 11.5 Å². The first-order chi connectivity index (χ1) is 8.49. The molecule has 0 bridgehead atoms. The summed E-state index contributed by atoms with van der Waals surface area (Å²) >= 11 is 0. The third kappa shape index (κ3) is 3.29. The molecule has 0 heterocycles. The Morgan fingerprint density at radius 3 is 2.39 bits per heavy atom. The number of carbonyl (C=O) groups excluding carboxylic acids is 1. The third-order valence-electron chi connectivity index (χ3n) is 2.45. The zero-order chi connectivity index (χ0) is 13.7. The molecule has 5 heteroatoms. The fourth-order valence-corrected chi connectivity index (χ4v) is 1.68. The van der Waals surface area contributed by atoms with Crippen LogP contribution in [0.25, 0.3) is 0 Å². The number of carbonyl (C=O) groups is 1. The lowest BCUT2D eigenvalue weighted by atomic mass is 10.1. The van der Waals surface area contributed by atoms with Crippen LogP contribution in [0.3, 0.4) is 0 Å². The van der Waals surface area contributed by atoms with Crippen LogP contribution in [0.2, 0.25) is 0 Å². The highest BCUT2D eigenvalue weighted by Crippen LogP contribution is 2.34. The van der Waals surface area contributed by atoms with Crippen molar-refractivity contribution in [3.8, 4) is 11.5 Å². The van der Waals surface area contributed by atoms with E-state index in [0.717, 1.165) is 11.3 Å². The first kappa shape index (κ1) is 14.2. The summed E-state index contributed by atoms with van der Waals surface area (Å²) in [7, 11) is 3.16. The van der Waals surface area contributed by atoms with Crippen molar-refractivity contribution in [1.82, 2.24) is 5.32 Å². The van der Waals surface area contributed by atoms with Crippen molar-refractivity contribution >= 4 is 11.7 Å². The molecule has 1 aromatic carbocycles. The molecule has 0 aliphatic rings. The molecule has 0 aliphatic carbocycles. The molecule has 5 nitrogen and oxygen atoms in total. The lowest BCUT2D eigenvalue weighted by molar-refractivity contribution is 0.250. The number of benzene rings is 1. The number of rotatable bonds is 4. The first-order valence-electron chi connectivity index (χ1n) is 5.78. The summed E-state index contributed by atoms with van der Waals surface area (Å²) in [6.45, 7) is 5.68. The molecular formula is C13H20N2O3. The number of ether oxygens (including phenoxy) is 2. The maximum atomic E-state index is 11.6. The van der Waals surface area contributed by atoms with Crippen molar-refractivity contribution in [2.45, 2.75) is 26.8 Å². The van der Waals surface area contributed by atoms with Crippen LogP contribution in [-0.4, -0.2) is 26.3 Å². The van der Waals surface area contributed by atoms with Gasteiger partial charge in [0.25, 0.3) is 0 Å². The fourth-order valence-electron chi connectivity index (χ4n) is 1.68. The Balaban J connectivity index is 2.96. The summed E-state index contributed by atoms with van der Waals surface area (Å²) in [6, 6.07) is 3.37. The van der Waals surface area contributed by atoms with Gasteiger partial charge in [-0.2, -0.15) is 0 Å². The molecule has 0 radical (unpaired) electrons. The average Bonchev–Trinajstić information content (AvgIpc) is 2.28. The monoisotopic (exact) mass is 252 g/mol. The van der Waals surface area contributed by atoms with Crippen molar-refractivity contribution < 1.29 is 14.3 Å². The van der Waals surface area contributed by atoms with E-state index < -0.39 is 0 Å². The quantitative estimate of drug-likeness (QED) is 0.865. The van der Waals surface area contributed by atoms with E-state index in [0.29, 0.717) is 11.4 Å². The summed E-state index contributed by atoms with van der Waals surface area (Å²) in [4.78, 5) is 11.6. The highest BCUT2D eigenvalue weighted by atomic mass is 16.5. The fraction of sp³-hybridized carbons (Fsp3) is 0.462. The lowest BCUT2D eigenvalue weighted by Gasteiger charge is -2.16. The second kappa shape index (κ2) is 6.14. The maximum Gasteiger partial charge on any atom is 0.319 e. The molecule has 0 saturated carbocycles. The van der Waals surface area contributed by atoms with Crippen molar-refractivity contribution in [3.05, 3.63) is 17.7 Å². The molecule has 0 unspecified atom stereocenters. The zero-order valence-electron chi connectivity index (χ0n) is 11.5. The van der Waals surface area contributed by atoms with Crippen LogP contribution in [0.15, 0.2) is 12.1 Å². The number of methoxy groups -OCH3 is 2. The predicted molar refractivity (Wildman–Crippen MR) is 71.6 cm³/mol. The standard InChI is InChI=1S/C13H20N2O3/c1-8(2)14-13(16)15-10-6-7-11(17-4)9(3)12(10)18-5/h6-8H,1-5H3,(H2,14,15,16). The van der Waals surface area contributed by atoms with E-state index in [1.165, 1.54) is 0 Å². The van der Waals surface area contributed by atoms with Crippen molar-refractivity contribution in [3.63, 3.8) is 0 Å². The van der Waals surface area contributed by atoms with Gasteiger partial charge in [-0.25, -0.2) is 4.79 Å². The molecule has 1 aromatic rings. The van der Waals surface area contributed by atoms with E-state index in [4.69, 9.17) is 9.47 Å². The highest BCUT2D eigenvalue weighted by Gasteiger charge is 2.13. The summed E-state index contributed by atoms with van der Waals surface area (Å²) in [6.07, 6.45) is 0. The Morgan fingerprint density at radius 2 is 1.89 bits per heavy atom. The molecule has 2 N–H and O–H groups in total. The molecule has 1 rings (SSSR count). The minimum atomic E-state index is -0.257. The Hall–Kier alpha value is -1.91. The van der Waals surface area contributed by atoms with Gasteiger partial charge < -0.3 is 20.1 Å². The maximum absolute atomic E-state index is 11.6. The molecular weight excluding hydrogens is 232 g/mol. The summed E-state index contributed by atoms with van der Waals surface area (Å²) in [5, 5.41) is 5.51. The normalized spacial score (nSPS) is 10.1. The molecule has 100 valence electrons. The van der Waals surface area contributed by atoms with Crippen LogP contribution in [0.5, 0.6) is 11.5 Å². The van der Waals surface area contributed by atoms with Crippen LogP contribution in [0.4, 0.5) is 10.5 Å². The van der Waals surface area contributed by atoms with Gasteiger partial charge in [0.05, 0.1) is 19.9 Å². The van der Waals surface area contributed by atoms with Crippen LogP contribution in [-0.2, 0) is 0 Å². The van der Waals surface area contributed by atoms with E-state index in [1.807, 2.05) is 20.8 Å². The Morgan fingerprint density at radius 1 is 1.22 bits per heavy atom. The minimum Gasteiger partial charge on any atom is -0.496 e. The number of amides is 2. The van der Waals surface area contributed by atoms with Gasteiger partial charge >= 0.3 is 6.03 Å². The van der Waals surface area contributed by atoms with Crippen molar-refractivity contribution in [2.75, 3.05) is 19.5 Å². The van der Waals surface area contributed by atoms with Crippen molar-refractivity contribution in [2.24, 2.45) is 0 Å². The van der Waals surface area contributed by atoms with Crippen LogP contribution in [0, 0.1) is 6.92 Å². The molecule has 0 saturated heterocycles. The average molecular weight is 252 g/mol. The van der Waals surface area contributed by atoms with E-state index >= 15 is 0 Å². The largest absolute Gasteiger partial charge is 0.496 e. The van der Waals surface area contributed by atoms with Gasteiger partial charge in [-0.05, 0) is 32.9 Å². The van der Waals surface area contributed by atoms with Gasteiger partial charge in [0.2, 0.25) is 0 Å². The van der Waals surface area contributed by atoms with Crippen LogP contribution < -0.4 is 20.1 Å². The van der Waals surface area contributed by atoms with Gasteiger partial charge in [0.15, 0.2) is 0 Å². The number of nitrogens with one attached hydrogen (secondary N) is 2. The second-order valence-electron chi connectivity index (χ2n) is 4.23. The summed E-state index contributed by atoms with van der Waals surface area (Å²) in [5.74, 6) is 1.33. The topological polar surface area (TPSA) is 59.6 Å². The third-order valence-corrected chi connectivity index (χ3v) is 2.45. The van der Waals surface area contributed by atoms with Crippen LogP contribution in [0.1, 0.15) is 19.4 Å². The lowest BCUT2D eigenvalue weighted by Crippen LogP contribution is -2.34. The predicted octanol–water partition coefficient (Wildman–Crippen LogP) is 2.54. The van der Waals surface area contributed by atoms with E-state index in [2.05, 4.69) is 10.6 Å². The molecule has 0 aliphatic heterocycles. The van der Waals surface area contributed by atoms with E-state index in [1.54, 1.807) is 26.4 Å². The second-order valence-corrected chi connectivity index (χ2v) is 4.23. The van der Waals surface area contributed by atoms with Gasteiger partial charge in [-0.15, -0.1) is 0 Å². The smallest absolute Gasteiger partial charge is 0.319 e. The molecule has 0 spiro atoms. The van der Waals surface area contributed by atoms with E-state index in [-0.39, 0.29) is 12.1 Å². The summed E-state index contributed by atoms with van der Waals surface area (Å²) < 4.78 is 10.5. The van der Waals surface area contributed by atoms with Crippen molar-refractivity contribution in [1.29, 1.82) is 0 Å². The molecule has 0 fully saturated rings. The van der Waals surface area contributed by atoms with Gasteiger partial charge in [-0.3, -0.25) is 0 Å². The molecule has 18 heavy (non-hydrogen) atoms. The summed E-state index contributed by atoms with van der Waals surface area (Å²) in [5.41, 5.74) is 1.47. The van der Waals surface area contributed by atoms with Crippen LogP contribution >= 0.6 is 0 Å². The molecule has 2 amide bonds. The van der Waals surface area contributed by atoms with Gasteiger partial charge in [-0.1, -0.05) is 0 Å². The van der Waals surface area contributed by atoms with E-state index in [9.17, 15) is 4.79 Å². The Bertz CT molecular complexity index is 430. The van der Waals surface area contributed by atoms with Gasteiger partial charge in [0, 0.05) is 11.6 Å². The number of urea groups is 1. The number of anilines is 1. The highest BCUT2D eigenvalue weighted by molar-refractivity contribution is 5.91. The molecule has 0 atom stereocenters.